The number of halogens is 4. The number of alkyl halides is 3. The number of phenolic OH excluding ortho intramolecular Hbond substituents is 1. The summed E-state index contributed by atoms with van der Waals surface area (Å²) in [7, 11) is -3.65. The summed E-state index contributed by atoms with van der Waals surface area (Å²) in [6.07, 6.45) is -4.14. The highest BCUT2D eigenvalue weighted by molar-refractivity contribution is 7.92. The highest BCUT2D eigenvalue weighted by Gasteiger charge is 2.38. The summed E-state index contributed by atoms with van der Waals surface area (Å²) in [5.41, 5.74) is -1.08. The van der Waals surface area contributed by atoms with Crippen LogP contribution in [0.2, 0.25) is 5.02 Å². The van der Waals surface area contributed by atoms with Gasteiger partial charge >= 0.3 is 6.18 Å². The van der Waals surface area contributed by atoms with Crippen LogP contribution in [0.1, 0.15) is 30.4 Å². The Morgan fingerprint density at radius 1 is 1.14 bits per heavy atom. The van der Waals surface area contributed by atoms with Crippen LogP contribution in [-0.4, -0.2) is 24.9 Å². The van der Waals surface area contributed by atoms with E-state index in [2.05, 4.69) is 0 Å². The fraction of sp³-hybridized carbons (Fsp3) is 0.368. The van der Waals surface area contributed by atoms with Crippen molar-refractivity contribution >= 4 is 21.4 Å². The van der Waals surface area contributed by atoms with E-state index in [9.17, 15) is 26.7 Å². The van der Waals surface area contributed by atoms with Crippen LogP contribution in [0.25, 0.3) is 0 Å². The highest BCUT2D eigenvalue weighted by atomic mass is 35.5. The topological polar surface area (TPSA) is 63.6 Å². The van der Waals surface area contributed by atoms with E-state index >= 15 is 0 Å². The van der Waals surface area contributed by atoms with Crippen molar-refractivity contribution in [3.05, 3.63) is 58.6 Å². The summed E-state index contributed by atoms with van der Waals surface area (Å²) in [6.45, 7) is -0.321. The van der Waals surface area contributed by atoms with E-state index in [0.717, 1.165) is 12.1 Å². The first kappa shape index (κ1) is 21.0. The van der Waals surface area contributed by atoms with E-state index in [1.54, 1.807) is 12.1 Å². The molecule has 1 aliphatic rings. The molecule has 1 saturated carbocycles. The number of aromatic hydroxyl groups is 1. The first-order chi connectivity index (χ1) is 13.1. The standard InChI is InChI=1S/C19H18ClF3O4S/c20-17-3-1-2-4-18(17)28(25,26)15-8-7-14(10-15)27-11-12-5-6-13(24)9-16(12)19(21,22)23/h1-6,9,14-15,24H,7-8,10-11H2/t14-,15+/m0/s1. The number of ether oxygens (including phenoxy) is 1. The number of hydrogen-bond acceptors (Lipinski definition) is 4. The summed E-state index contributed by atoms with van der Waals surface area (Å²) in [5.74, 6) is -0.483. The van der Waals surface area contributed by atoms with Gasteiger partial charge in [0, 0.05) is 0 Å². The van der Waals surface area contributed by atoms with Gasteiger partial charge in [-0.2, -0.15) is 13.2 Å². The summed E-state index contributed by atoms with van der Waals surface area (Å²) < 4.78 is 70.5. The van der Waals surface area contributed by atoms with E-state index in [1.807, 2.05) is 0 Å². The van der Waals surface area contributed by atoms with Crippen LogP contribution in [0.5, 0.6) is 5.75 Å². The first-order valence-corrected chi connectivity index (χ1v) is 10.5. The summed E-state index contributed by atoms with van der Waals surface area (Å²) in [4.78, 5) is 0.0557. The number of hydrogen-bond donors (Lipinski definition) is 1. The van der Waals surface area contributed by atoms with Crippen molar-refractivity contribution in [2.45, 2.75) is 48.3 Å². The minimum atomic E-state index is -4.62. The fourth-order valence-electron chi connectivity index (χ4n) is 3.35. The molecule has 1 fully saturated rings. The lowest BCUT2D eigenvalue weighted by Gasteiger charge is -2.17. The monoisotopic (exact) mass is 434 g/mol. The van der Waals surface area contributed by atoms with Crippen LogP contribution in [0.4, 0.5) is 13.2 Å². The van der Waals surface area contributed by atoms with E-state index in [0.29, 0.717) is 18.9 Å². The fourth-order valence-corrected chi connectivity index (χ4v) is 5.69. The lowest BCUT2D eigenvalue weighted by Crippen LogP contribution is -2.20. The van der Waals surface area contributed by atoms with E-state index in [1.165, 1.54) is 12.1 Å². The molecule has 2 atom stereocenters. The second-order valence-electron chi connectivity index (χ2n) is 6.68. The normalized spacial score (nSPS) is 20.4. The Bertz CT molecular complexity index is 960. The Balaban J connectivity index is 1.69. The Morgan fingerprint density at radius 2 is 1.86 bits per heavy atom. The molecule has 0 saturated heterocycles. The molecule has 2 aromatic rings. The largest absolute Gasteiger partial charge is 0.508 e. The molecule has 4 nitrogen and oxygen atoms in total. The van der Waals surface area contributed by atoms with Gasteiger partial charge in [0.15, 0.2) is 9.84 Å². The van der Waals surface area contributed by atoms with Gasteiger partial charge in [0.25, 0.3) is 0 Å². The molecule has 0 spiro atoms. The number of benzene rings is 2. The molecule has 2 aromatic carbocycles. The zero-order chi connectivity index (χ0) is 20.5. The predicted octanol–water partition coefficient (Wildman–Crippen LogP) is 4.98. The quantitative estimate of drug-likeness (QED) is 0.721. The van der Waals surface area contributed by atoms with Crippen molar-refractivity contribution in [1.82, 2.24) is 0 Å². The summed E-state index contributed by atoms with van der Waals surface area (Å²) in [6, 6.07) is 9.14. The Labute approximate surface area is 165 Å². The average Bonchev–Trinajstić information content (AvgIpc) is 3.10. The van der Waals surface area contributed by atoms with Crippen LogP contribution in [0.3, 0.4) is 0 Å². The molecule has 1 aliphatic carbocycles. The minimum absolute atomic E-state index is 0.0557. The van der Waals surface area contributed by atoms with E-state index in [-0.39, 0.29) is 28.5 Å². The highest BCUT2D eigenvalue weighted by Crippen LogP contribution is 2.37. The summed E-state index contributed by atoms with van der Waals surface area (Å²) in [5, 5.41) is 8.77. The van der Waals surface area contributed by atoms with Crippen molar-refractivity contribution in [2.75, 3.05) is 0 Å². The second kappa shape index (κ2) is 7.93. The van der Waals surface area contributed by atoms with Crippen LogP contribution in [0, 0.1) is 0 Å². The van der Waals surface area contributed by atoms with Crippen LogP contribution in [0.15, 0.2) is 47.4 Å². The lowest BCUT2D eigenvalue weighted by molar-refractivity contribution is -0.139. The molecule has 28 heavy (non-hydrogen) atoms. The third kappa shape index (κ3) is 4.45. The smallest absolute Gasteiger partial charge is 0.416 e. The van der Waals surface area contributed by atoms with Crippen molar-refractivity contribution in [3.8, 4) is 5.75 Å². The molecule has 0 unspecified atom stereocenters. The minimum Gasteiger partial charge on any atom is -0.508 e. The van der Waals surface area contributed by atoms with Crippen LogP contribution in [-0.2, 0) is 27.4 Å². The second-order valence-corrected chi connectivity index (χ2v) is 9.29. The Kier molecular flexibility index (Phi) is 5.93. The Hall–Kier alpha value is -1.77. The zero-order valence-electron chi connectivity index (χ0n) is 14.6. The van der Waals surface area contributed by atoms with Gasteiger partial charge in [-0.05, 0) is 49.1 Å². The molecule has 0 heterocycles. The van der Waals surface area contributed by atoms with Crippen molar-refractivity contribution < 1.29 is 31.4 Å². The molecule has 0 bridgehead atoms. The first-order valence-electron chi connectivity index (χ1n) is 8.58. The van der Waals surface area contributed by atoms with Gasteiger partial charge in [-0.3, -0.25) is 0 Å². The van der Waals surface area contributed by atoms with E-state index < -0.39 is 38.7 Å². The van der Waals surface area contributed by atoms with Gasteiger partial charge in [-0.1, -0.05) is 29.8 Å². The number of rotatable bonds is 5. The SMILES string of the molecule is O=S(=O)(c1ccccc1Cl)[C@@H]1CC[C@H](OCc2ccc(O)cc2C(F)(F)F)C1. The molecule has 9 heteroatoms. The van der Waals surface area contributed by atoms with Crippen molar-refractivity contribution in [3.63, 3.8) is 0 Å². The average molecular weight is 435 g/mol. The molecular weight excluding hydrogens is 417 g/mol. The summed E-state index contributed by atoms with van der Waals surface area (Å²) >= 11 is 6.00. The molecule has 0 amide bonds. The lowest BCUT2D eigenvalue weighted by atomic mass is 10.1. The molecule has 0 aliphatic heterocycles. The maximum Gasteiger partial charge on any atom is 0.416 e. The van der Waals surface area contributed by atoms with Crippen LogP contribution < -0.4 is 0 Å². The van der Waals surface area contributed by atoms with Gasteiger partial charge in [0.05, 0.1) is 33.4 Å². The molecule has 3 rings (SSSR count). The number of sulfone groups is 1. The number of phenols is 1. The van der Waals surface area contributed by atoms with Crippen molar-refractivity contribution in [1.29, 1.82) is 0 Å². The van der Waals surface area contributed by atoms with Crippen molar-refractivity contribution in [2.24, 2.45) is 0 Å². The van der Waals surface area contributed by atoms with Gasteiger partial charge in [0.1, 0.15) is 5.75 Å². The third-order valence-electron chi connectivity index (χ3n) is 4.79. The predicted molar refractivity (Wildman–Crippen MR) is 98.0 cm³/mol. The van der Waals surface area contributed by atoms with Gasteiger partial charge in [0.2, 0.25) is 0 Å². The maximum absolute atomic E-state index is 13.1. The van der Waals surface area contributed by atoms with Gasteiger partial charge in [-0.15, -0.1) is 0 Å². The molecule has 0 radical (unpaired) electrons. The molecule has 152 valence electrons. The zero-order valence-corrected chi connectivity index (χ0v) is 16.2. The Morgan fingerprint density at radius 3 is 2.54 bits per heavy atom. The van der Waals surface area contributed by atoms with Gasteiger partial charge in [-0.25, -0.2) is 8.42 Å². The van der Waals surface area contributed by atoms with E-state index in [4.69, 9.17) is 16.3 Å². The molecule has 1 N–H and O–H groups in total. The van der Waals surface area contributed by atoms with Gasteiger partial charge < -0.3 is 9.84 Å². The third-order valence-corrected chi connectivity index (χ3v) is 7.51. The van der Waals surface area contributed by atoms with Crippen LogP contribution >= 0.6 is 11.6 Å². The maximum atomic E-state index is 13.1. The molecule has 0 aromatic heterocycles. The molecular formula is C19H18ClF3O4S.